The van der Waals surface area contributed by atoms with E-state index in [9.17, 15) is 20.1 Å². The zero-order valence-electron chi connectivity index (χ0n) is 18.2. The van der Waals surface area contributed by atoms with Gasteiger partial charge in [0.1, 0.15) is 24.4 Å². The maximum Gasteiger partial charge on any atom is 0.305 e. The van der Waals surface area contributed by atoms with Crippen molar-refractivity contribution >= 4 is 5.97 Å². The molecule has 5 atom stereocenters. The Labute approximate surface area is 184 Å². The molecule has 8 nitrogen and oxygen atoms in total. The van der Waals surface area contributed by atoms with Crippen molar-refractivity contribution in [3.63, 3.8) is 0 Å². The normalized spacial score (nSPS) is 26.0. The van der Waals surface area contributed by atoms with Gasteiger partial charge in [0.15, 0.2) is 6.29 Å². The average Bonchev–Trinajstić information content (AvgIpc) is 2.80. The Kier molecular flexibility index (Phi) is 12.0. The number of esters is 1. The number of aliphatic hydroxyl groups is 3. The van der Waals surface area contributed by atoms with Crippen LogP contribution in [-0.2, 0) is 30.3 Å². The molecule has 176 valence electrons. The van der Waals surface area contributed by atoms with Gasteiger partial charge in [-0.05, 0) is 18.4 Å². The first kappa shape index (κ1) is 25.7. The van der Waals surface area contributed by atoms with Crippen LogP contribution in [0.1, 0.15) is 50.5 Å². The smallest absolute Gasteiger partial charge is 0.305 e. The molecule has 0 aromatic heterocycles. The van der Waals surface area contributed by atoms with Crippen molar-refractivity contribution in [3.8, 4) is 0 Å². The molecule has 0 saturated carbocycles. The molecule has 1 aliphatic heterocycles. The third kappa shape index (κ3) is 8.84. The Morgan fingerprint density at radius 3 is 2.32 bits per heavy atom. The first-order valence-electron chi connectivity index (χ1n) is 11.0. The van der Waals surface area contributed by atoms with E-state index in [4.69, 9.17) is 14.2 Å². The third-order valence-electron chi connectivity index (χ3n) is 5.39. The first-order chi connectivity index (χ1) is 15.1. The summed E-state index contributed by atoms with van der Waals surface area (Å²) in [6, 6.07) is 9.51. The van der Waals surface area contributed by atoms with Crippen molar-refractivity contribution in [2.24, 2.45) is 0 Å². The molecule has 0 radical (unpaired) electrons. The lowest BCUT2D eigenvalue weighted by Gasteiger charge is -2.41. The molecule has 2 rings (SSSR count). The Morgan fingerprint density at radius 1 is 0.968 bits per heavy atom. The van der Waals surface area contributed by atoms with E-state index in [0.717, 1.165) is 44.1 Å². The molecule has 0 amide bonds. The summed E-state index contributed by atoms with van der Waals surface area (Å²) in [5.41, 5.74) is 0.930. The van der Waals surface area contributed by atoms with E-state index in [-0.39, 0.29) is 12.6 Å². The van der Waals surface area contributed by atoms with Crippen molar-refractivity contribution in [3.05, 3.63) is 35.9 Å². The second kappa shape index (κ2) is 14.5. The van der Waals surface area contributed by atoms with Crippen LogP contribution >= 0.6 is 0 Å². The molecule has 1 aromatic carbocycles. The van der Waals surface area contributed by atoms with Crippen LogP contribution in [0.3, 0.4) is 0 Å². The molecular weight excluding hydrogens is 404 g/mol. The van der Waals surface area contributed by atoms with Gasteiger partial charge in [0.05, 0.1) is 20.3 Å². The molecular formula is C23H36O8. The number of methoxy groups -OCH3 is 1. The summed E-state index contributed by atoms with van der Waals surface area (Å²) in [5, 5.41) is 30.1. The lowest BCUT2D eigenvalue weighted by atomic mass is 9.99. The highest BCUT2D eigenvalue weighted by molar-refractivity contribution is 5.68. The van der Waals surface area contributed by atoms with Crippen molar-refractivity contribution in [1.29, 1.82) is 0 Å². The van der Waals surface area contributed by atoms with E-state index in [1.807, 2.05) is 30.3 Å². The Balaban J connectivity index is 1.73. The number of hydrogen-bond acceptors (Lipinski definition) is 8. The summed E-state index contributed by atoms with van der Waals surface area (Å²) in [5.74, 6) is -0.168. The van der Waals surface area contributed by atoms with Crippen molar-refractivity contribution in [1.82, 2.24) is 0 Å². The van der Waals surface area contributed by atoms with Crippen LogP contribution in [0.15, 0.2) is 30.3 Å². The number of ether oxygens (including phenoxy) is 4. The van der Waals surface area contributed by atoms with Crippen molar-refractivity contribution in [2.45, 2.75) is 82.3 Å². The van der Waals surface area contributed by atoms with E-state index in [1.54, 1.807) is 0 Å². The zero-order valence-corrected chi connectivity index (χ0v) is 18.2. The largest absolute Gasteiger partial charge is 0.469 e. The van der Waals surface area contributed by atoms with Gasteiger partial charge in [-0.15, -0.1) is 0 Å². The first-order valence-corrected chi connectivity index (χ1v) is 11.0. The third-order valence-corrected chi connectivity index (χ3v) is 5.39. The van der Waals surface area contributed by atoms with Crippen LogP contribution in [0, 0.1) is 0 Å². The summed E-state index contributed by atoms with van der Waals surface area (Å²) in [6.07, 6.45) is 0.985. The van der Waals surface area contributed by atoms with Gasteiger partial charge in [0, 0.05) is 13.0 Å². The minimum Gasteiger partial charge on any atom is -0.469 e. The fourth-order valence-corrected chi connectivity index (χ4v) is 3.51. The van der Waals surface area contributed by atoms with Crippen LogP contribution in [0.2, 0.25) is 0 Å². The van der Waals surface area contributed by atoms with Crippen LogP contribution in [-0.4, -0.2) is 72.3 Å². The lowest BCUT2D eigenvalue weighted by molar-refractivity contribution is -0.311. The Morgan fingerprint density at radius 2 is 1.65 bits per heavy atom. The minimum absolute atomic E-state index is 0.168. The van der Waals surface area contributed by atoms with Gasteiger partial charge in [0.25, 0.3) is 0 Å². The van der Waals surface area contributed by atoms with Crippen molar-refractivity contribution in [2.75, 3.05) is 20.3 Å². The molecule has 0 aliphatic carbocycles. The average molecular weight is 441 g/mol. The number of carbonyl (C=O) groups is 1. The zero-order chi connectivity index (χ0) is 22.5. The standard InChI is InChI=1S/C23H36O8/c1-28-19(25)13-9-4-2-3-5-10-14-29-23-22(21(27)20(26)18(15-24)31-23)30-16-17-11-7-6-8-12-17/h6-8,11-12,18,20-24,26-27H,2-5,9-10,13-16H2,1H3/t18-,20-,21+,22-,23+/m1/s1. The van der Waals surface area contributed by atoms with Gasteiger partial charge in [-0.25, -0.2) is 0 Å². The lowest BCUT2D eigenvalue weighted by Crippen LogP contribution is -2.60. The molecule has 31 heavy (non-hydrogen) atoms. The second-order valence-corrected chi connectivity index (χ2v) is 7.79. The molecule has 1 fully saturated rings. The summed E-state index contributed by atoms with van der Waals surface area (Å²) < 4.78 is 21.9. The molecule has 0 unspecified atom stereocenters. The topological polar surface area (TPSA) is 115 Å². The predicted octanol–water partition coefficient (Wildman–Crippen LogP) is 1.93. The second-order valence-electron chi connectivity index (χ2n) is 7.79. The SMILES string of the molecule is COC(=O)CCCCCCCCO[C@H]1O[C@H](CO)[C@@H](O)[C@H](O)[C@H]1OCc1ccccc1. The molecule has 1 aliphatic rings. The van der Waals surface area contributed by atoms with Gasteiger partial charge >= 0.3 is 5.97 Å². The number of carbonyl (C=O) groups excluding carboxylic acids is 1. The number of unbranched alkanes of at least 4 members (excludes halogenated alkanes) is 5. The number of hydrogen-bond donors (Lipinski definition) is 3. The molecule has 1 aromatic rings. The van der Waals surface area contributed by atoms with Gasteiger partial charge in [-0.2, -0.15) is 0 Å². The highest BCUT2D eigenvalue weighted by Crippen LogP contribution is 2.25. The monoisotopic (exact) mass is 440 g/mol. The van der Waals surface area contributed by atoms with Gasteiger partial charge in [-0.3, -0.25) is 4.79 Å². The molecule has 0 bridgehead atoms. The molecule has 8 heteroatoms. The van der Waals surface area contributed by atoms with E-state index in [0.29, 0.717) is 13.0 Å². The highest BCUT2D eigenvalue weighted by Gasteiger charge is 2.45. The molecule has 1 saturated heterocycles. The Bertz CT molecular complexity index is 611. The molecule has 0 spiro atoms. The van der Waals surface area contributed by atoms with Gasteiger partial charge in [0.2, 0.25) is 0 Å². The van der Waals surface area contributed by atoms with Gasteiger partial charge in [-0.1, -0.05) is 56.0 Å². The Hall–Kier alpha value is -1.55. The van der Waals surface area contributed by atoms with Crippen LogP contribution in [0.4, 0.5) is 0 Å². The maximum absolute atomic E-state index is 11.1. The summed E-state index contributed by atoms with van der Waals surface area (Å²) >= 11 is 0. The minimum atomic E-state index is -1.25. The molecule has 3 N–H and O–H groups in total. The molecule has 1 heterocycles. The fourth-order valence-electron chi connectivity index (χ4n) is 3.51. The fraction of sp³-hybridized carbons (Fsp3) is 0.696. The summed E-state index contributed by atoms with van der Waals surface area (Å²) in [6.45, 7) is 0.238. The van der Waals surface area contributed by atoms with Crippen LogP contribution < -0.4 is 0 Å². The highest BCUT2D eigenvalue weighted by atomic mass is 16.7. The van der Waals surface area contributed by atoms with Crippen LogP contribution in [0.25, 0.3) is 0 Å². The van der Waals surface area contributed by atoms with E-state index in [2.05, 4.69) is 4.74 Å². The number of rotatable bonds is 14. The maximum atomic E-state index is 11.1. The quantitative estimate of drug-likeness (QED) is 0.297. The predicted molar refractivity (Wildman–Crippen MR) is 113 cm³/mol. The van der Waals surface area contributed by atoms with Gasteiger partial charge < -0.3 is 34.3 Å². The van der Waals surface area contributed by atoms with E-state index < -0.39 is 37.3 Å². The number of benzene rings is 1. The van der Waals surface area contributed by atoms with E-state index in [1.165, 1.54) is 7.11 Å². The van der Waals surface area contributed by atoms with Crippen molar-refractivity contribution < 1.29 is 39.1 Å². The summed E-state index contributed by atoms with van der Waals surface area (Å²) in [4.78, 5) is 11.1. The van der Waals surface area contributed by atoms with E-state index >= 15 is 0 Å². The summed E-state index contributed by atoms with van der Waals surface area (Å²) in [7, 11) is 1.40. The number of aliphatic hydroxyl groups excluding tert-OH is 3. The van der Waals surface area contributed by atoms with Crippen LogP contribution in [0.5, 0.6) is 0 Å².